The molecule has 104 valence electrons. The molecule has 0 heterocycles. The normalized spacial score (nSPS) is 21.1. The molecule has 1 fully saturated rings. The number of carbonyl (C=O) groups is 1. The predicted molar refractivity (Wildman–Crippen MR) is 75.0 cm³/mol. The van der Waals surface area contributed by atoms with Gasteiger partial charge < -0.3 is 14.7 Å². The van der Waals surface area contributed by atoms with Crippen LogP contribution in [0.2, 0.25) is 0 Å². The minimum Gasteiger partial charge on any atom is -0.496 e. The van der Waals surface area contributed by atoms with Crippen molar-refractivity contribution in [3.63, 3.8) is 0 Å². The molecule has 0 aliphatic heterocycles. The average Bonchev–Trinajstić information content (AvgIpc) is 3.11. The van der Waals surface area contributed by atoms with Crippen molar-refractivity contribution in [2.24, 2.45) is 11.8 Å². The zero-order valence-electron chi connectivity index (χ0n) is 11.9. The first-order valence-electron chi connectivity index (χ1n) is 6.53. The van der Waals surface area contributed by atoms with E-state index in [1.54, 1.807) is 7.11 Å². The molecule has 2 rings (SSSR count). The number of hydrogen-bond acceptors (Lipinski definition) is 3. The number of rotatable bonds is 5. The smallest absolute Gasteiger partial charge is 0.306 e. The molecular formula is C15H21NO3. The third-order valence-corrected chi connectivity index (χ3v) is 4.09. The van der Waals surface area contributed by atoms with Crippen molar-refractivity contribution < 1.29 is 14.6 Å². The summed E-state index contributed by atoms with van der Waals surface area (Å²) >= 11 is 0. The number of ether oxygens (including phenoxy) is 1. The zero-order valence-corrected chi connectivity index (χ0v) is 11.9. The molecule has 4 heteroatoms. The van der Waals surface area contributed by atoms with Crippen molar-refractivity contribution in [3.8, 4) is 5.75 Å². The van der Waals surface area contributed by atoms with Gasteiger partial charge in [-0.1, -0.05) is 0 Å². The molecule has 0 spiro atoms. The third-order valence-electron chi connectivity index (χ3n) is 4.09. The van der Waals surface area contributed by atoms with Crippen LogP contribution in [-0.4, -0.2) is 31.8 Å². The van der Waals surface area contributed by atoms with E-state index in [0.29, 0.717) is 0 Å². The molecule has 0 radical (unpaired) electrons. The first kappa shape index (κ1) is 13.7. The summed E-state index contributed by atoms with van der Waals surface area (Å²) in [6.45, 7) is 4.91. The molecule has 2 atom stereocenters. The summed E-state index contributed by atoms with van der Waals surface area (Å²) in [6.07, 6.45) is 0.799. The van der Waals surface area contributed by atoms with E-state index in [-0.39, 0.29) is 11.8 Å². The number of nitrogens with zero attached hydrogens (tertiary/aromatic N) is 1. The summed E-state index contributed by atoms with van der Waals surface area (Å²) in [5.41, 5.74) is 3.47. The Morgan fingerprint density at radius 1 is 1.42 bits per heavy atom. The van der Waals surface area contributed by atoms with Crippen molar-refractivity contribution in [1.29, 1.82) is 0 Å². The summed E-state index contributed by atoms with van der Waals surface area (Å²) in [6, 6.07) is 4.01. The highest BCUT2D eigenvalue weighted by molar-refractivity contribution is 5.73. The Bertz CT molecular complexity index is 498. The number of aliphatic carboxylic acids is 1. The lowest BCUT2D eigenvalue weighted by Crippen LogP contribution is -2.22. The second kappa shape index (κ2) is 5.11. The second-order valence-electron chi connectivity index (χ2n) is 5.36. The molecule has 1 aromatic rings. The van der Waals surface area contributed by atoms with Crippen LogP contribution in [-0.2, 0) is 4.79 Å². The van der Waals surface area contributed by atoms with Gasteiger partial charge in [-0.3, -0.25) is 4.79 Å². The number of carboxylic acids is 1. The summed E-state index contributed by atoms with van der Waals surface area (Å²) < 4.78 is 5.31. The minimum absolute atomic E-state index is 0.151. The van der Waals surface area contributed by atoms with Crippen molar-refractivity contribution in [1.82, 2.24) is 0 Å². The summed E-state index contributed by atoms with van der Waals surface area (Å²) in [7, 11) is 3.69. The van der Waals surface area contributed by atoms with Crippen LogP contribution in [0.1, 0.15) is 17.5 Å². The second-order valence-corrected chi connectivity index (χ2v) is 5.36. The quantitative estimate of drug-likeness (QED) is 0.886. The maximum absolute atomic E-state index is 10.9. The van der Waals surface area contributed by atoms with Crippen LogP contribution in [0.25, 0.3) is 0 Å². The lowest BCUT2D eigenvalue weighted by atomic mass is 10.1. The van der Waals surface area contributed by atoms with E-state index in [9.17, 15) is 4.79 Å². The molecule has 2 unspecified atom stereocenters. The lowest BCUT2D eigenvalue weighted by Gasteiger charge is -2.23. The molecular weight excluding hydrogens is 242 g/mol. The van der Waals surface area contributed by atoms with Crippen LogP contribution >= 0.6 is 0 Å². The van der Waals surface area contributed by atoms with Crippen molar-refractivity contribution in [2.45, 2.75) is 20.3 Å². The van der Waals surface area contributed by atoms with Crippen LogP contribution in [0, 0.1) is 25.7 Å². The molecule has 4 nitrogen and oxygen atoms in total. The first-order valence-corrected chi connectivity index (χ1v) is 6.53. The SMILES string of the molecule is COc1ccc(N(C)CC2CC2C(=O)O)c(C)c1C. The predicted octanol–water partition coefficient (Wildman–Crippen LogP) is 2.47. The molecule has 1 aliphatic carbocycles. The molecule has 19 heavy (non-hydrogen) atoms. The number of hydrogen-bond donors (Lipinski definition) is 1. The van der Waals surface area contributed by atoms with Gasteiger partial charge in [0.1, 0.15) is 5.75 Å². The van der Waals surface area contributed by atoms with E-state index in [2.05, 4.69) is 11.8 Å². The number of benzene rings is 1. The molecule has 1 aromatic carbocycles. The fraction of sp³-hybridized carbons (Fsp3) is 0.533. The van der Waals surface area contributed by atoms with Gasteiger partial charge in [0.15, 0.2) is 0 Å². The summed E-state index contributed by atoms with van der Waals surface area (Å²) in [5, 5.41) is 8.94. The molecule has 0 amide bonds. The van der Waals surface area contributed by atoms with Crippen LogP contribution in [0.15, 0.2) is 12.1 Å². The van der Waals surface area contributed by atoms with Crippen LogP contribution in [0.3, 0.4) is 0 Å². The van der Waals surface area contributed by atoms with E-state index >= 15 is 0 Å². The van der Waals surface area contributed by atoms with Crippen LogP contribution in [0.5, 0.6) is 5.75 Å². The van der Waals surface area contributed by atoms with Gasteiger partial charge in [-0.2, -0.15) is 0 Å². The van der Waals surface area contributed by atoms with E-state index in [0.717, 1.165) is 30.0 Å². The Hall–Kier alpha value is -1.71. The summed E-state index contributed by atoms with van der Waals surface area (Å²) in [5.74, 6) is 0.358. The highest BCUT2D eigenvalue weighted by Crippen LogP contribution is 2.40. The zero-order chi connectivity index (χ0) is 14.2. The standard InChI is InChI=1S/C15H21NO3/c1-9-10(2)14(19-4)6-5-13(9)16(3)8-11-7-12(11)15(17)18/h5-6,11-12H,7-8H2,1-4H3,(H,17,18). The highest BCUT2D eigenvalue weighted by Gasteiger charge is 2.43. The van der Waals surface area contributed by atoms with Crippen molar-refractivity contribution >= 4 is 11.7 Å². The molecule has 0 bridgehead atoms. The van der Waals surface area contributed by atoms with Gasteiger partial charge in [0.05, 0.1) is 13.0 Å². The largest absolute Gasteiger partial charge is 0.496 e. The van der Waals surface area contributed by atoms with E-state index < -0.39 is 5.97 Å². The fourth-order valence-corrected chi connectivity index (χ4v) is 2.62. The average molecular weight is 263 g/mol. The van der Waals surface area contributed by atoms with Gasteiger partial charge >= 0.3 is 5.97 Å². The van der Waals surface area contributed by atoms with Gasteiger partial charge in [0.2, 0.25) is 0 Å². The molecule has 1 saturated carbocycles. The molecule has 1 aliphatic rings. The molecule has 0 aromatic heterocycles. The maximum Gasteiger partial charge on any atom is 0.306 e. The Kier molecular flexibility index (Phi) is 3.69. The van der Waals surface area contributed by atoms with Gasteiger partial charge in [-0.15, -0.1) is 0 Å². The minimum atomic E-state index is -0.666. The fourth-order valence-electron chi connectivity index (χ4n) is 2.62. The number of carboxylic acid groups (broad SMARTS) is 1. The topological polar surface area (TPSA) is 49.8 Å². The Morgan fingerprint density at radius 3 is 2.63 bits per heavy atom. The Balaban J connectivity index is 2.10. The summed E-state index contributed by atoms with van der Waals surface area (Å²) in [4.78, 5) is 13.0. The van der Waals surface area contributed by atoms with Crippen LogP contribution in [0.4, 0.5) is 5.69 Å². The van der Waals surface area contributed by atoms with Gasteiger partial charge in [-0.05, 0) is 49.4 Å². The Labute approximate surface area is 114 Å². The number of anilines is 1. The monoisotopic (exact) mass is 263 g/mol. The number of methoxy groups -OCH3 is 1. The van der Waals surface area contributed by atoms with Crippen molar-refractivity contribution in [3.05, 3.63) is 23.3 Å². The first-order chi connectivity index (χ1) is 8.95. The van der Waals surface area contributed by atoms with Crippen LogP contribution < -0.4 is 9.64 Å². The van der Waals surface area contributed by atoms with E-state index in [1.807, 2.05) is 26.1 Å². The maximum atomic E-state index is 10.9. The van der Waals surface area contributed by atoms with Gasteiger partial charge in [0, 0.05) is 19.3 Å². The third kappa shape index (κ3) is 2.67. The van der Waals surface area contributed by atoms with E-state index in [4.69, 9.17) is 9.84 Å². The highest BCUT2D eigenvalue weighted by atomic mass is 16.5. The van der Waals surface area contributed by atoms with Gasteiger partial charge in [-0.25, -0.2) is 0 Å². The molecule has 1 N–H and O–H groups in total. The van der Waals surface area contributed by atoms with Gasteiger partial charge in [0.25, 0.3) is 0 Å². The van der Waals surface area contributed by atoms with E-state index in [1.165, 1.54) is 5.56 Å². The molecule has 0 saturated heterocycles. The lowest BCUT2D eigenvalue weighted by molar-refractivity contribution is -0.138. The Morgan fingerprint density at radius 2 is 2.11 bits per heavy atom. The van der Waals surface area contributed by atoms with Crippen molar-refractivity contribution in [2.75, 3.05) is 25.6 Å².